The van der Waals surface area contributed by atoms with Gasteiger partial charge in [0.2, 0.25) is 5.95 Å². The van der Waals surface area contributed by atoms with Gasteiger partial charge in [-0.05, 0) is 59.6 Å². The number of unbranched alkanes of at least 4 members (excludes halogenated alkanes) is 1. The second kappa shape index (κ2) is 15.3. The third-order valence-electron chi connectivity index (χ3n) is 7.65. The average Bonchev–Trinajstić information content (AvgIpc) is 3.65. The first kappa shape index (κ1) is 33.2. The Morgan fingerprint density at radius 1 is 1.14 bits per heavy atom. The molecule has 1 atom stereocenters. The molecule has 2 N–H and O–H groups in total. The van der Waals surface area contributed by atoms with Crippen molar-refractivity contribution in [3.05, 3.63) is 46.4 Å². The van der Waals surface area contributed by atoms with Crippen molar-refractivity contribution < 1.29 is 9.13 Å². The molecule has 0 amide bonds. The summed E-state index contributed by atoms with van der Waals surface area (Å²) >= 11 is 1.13. The lowest BCUT2D eigenvalue weighted by atomic mass is 9.86. The number of halogens is 1. The first-order valence-electron chi connectivity index (χ1n) is 15.5. The molecule has 1 aliphatic rings. The molecule has 8 heteroatoms. The summed E-state index contributed by atoms with van der Waals surface area (Å²) in [6.07, 6.45) is 6.25. The normalized spacial score (nSPS) is 12.7. The van der Waals surface area contributed by atoms with Gasteiger partial charge in [-0.25, -0.2) is 14.4 Å². The predicted molar refractivity (Wildman–Crippen MR) is 177 cm³/mol. The minimum Gasteiger partial charge on any atom is -0.389 e. The maximum absolute atomic E-state index is 14.9. The summed E-state index contributed by atoms with van der Waals surface area (Å²) < 4.78 is 21.2. The van der Waals surface area contributed by atoms with E-state index in [1.54, 1.807) is 6.07 Å². The summed E-state index contributed by atoms with van der Waals surface area (Å²) in [7, 11) is 0. The summed E-state index contributed by atoms with van der Waals surface area (Å²) in [6, 6.07) is 5.47. The third-order valence-corrected chi connectivity index (χ3v) is 8.67. The van der Waals surface area contributed by atoms with Gasteiger partial charge in [-0.2, -0.15) is 5.26 Å². The van der Waals surface area contributed by atoms with E-state index in [2.05, 4.69) is 38.7 Å². The molecule has 0 spiro atoms. The van der Waals surface area contributed by atoms with Gasteiger partial charge < -0.3 is 15.4 Å². The van der Waals surface area contributed by atoms with Crippen molar-refractivity contribution in [3.63, 3.8) is 0 Å². The number of hydrogen-bond acceptors (Lipinski definition) is 7. The Hall–Kier alpha value is -3.28. The largest absolute Gasteiger partial charge is 0.389 e. The quantitative estimate of drug-likeness (QED) is 0.209. The van der Waals surface area contributed by atoms with Crippen LogP contribution in [0.1, 0.15) is 96.9 Å². The Bertz CT molecular complexity index is 1560. The molecule has 0 bridgehead atoms. The Kier molecular flexibility index (Phi) is 12.1. The van der Waals surface area contributed by atoms with Crippen LogP contribution in [0.25, 0.3) is 32.1 Å². The molecule has 1 unspecified atom stereocenters. The van der Waals surface area contributed by atoms with Crippen molar-refractivity contribution >= 4 is 43.3 Å². The molecule has 2 aromatic carbocycles. The molecule has 3 heterocycles. The summed E-state index contributed by atoms with van der Waals surface area (Å²) in [5, 5.41) is 11.8. The standard InChI is InChI=1S/C30H34FN5OS.2C2H6/c1-5-8-9-17(4)14-36(7-3)30-34-13-21-22-15-37-16-23(22)25(18(6-2)27(21)35-30)19-10-11-24(31)28-26(19)20(12-32)29(33)38-28;2*1-2/h10-11,13,17H,5-9,14-16,33H2,1-4H3;2*1-2H3. The highest BCUT2D eigenvalue weighted by atomic mass is 32.1. The minimum atomic E-state index is -0.367. The lowest BCUT2D eigenvalue weighted by molar-refractivity contribution is 0.135. The SMILES string of the molecule is CC.CC.CCCCC(C)CN(CC)c1ncc2c3c(c(-c4ccc(F)c5sc(N)c(C#N)c45)c(CC)c2n1)COC3. The van der Waals surface area contributed by atoms with Crippen LogP contribution in [-0.4, -0.2) is 23.1 Å². The number of thiophene rings is 1. The van der Waals surface area contributed by atoms with E-state index in [-0.39, 0.29) is 5.82 Å². The number of aryl methyl sites for hydroxylation is 1. The molecular weight excluding hydrogens is 545 g/mol. The number of anilines is 2. The van der Waals surface area contributed by atoms with Crippen LogP contribution in [-0.2, 0) is 24.4 Å². The molecule has 0 saturated heterocycles. The Balaban J connectivity index is 0.00000116. The highest BCUT2D eigenvalue weighted by molar-refractivity contribution is 7.23. The molecule has 42 heavy (non-hydrogen) atoms. The van der Waals surface area contributed by atoms with Crippen LogP contribution in [0.2, 0.25) is 0 Å². The van der Waals surface area contributed by atoms with Gasteiger partial charge in [-0.1, -0.05) is 67.4 Å². The van der Waals surface area contributed by atoms with E-state index in [1.807, 2.05) is 33.9 Å². The topological polar surface area (TPSA) is 88.1 Å². The van der Waals surface area contributed by atoms with Crippen LogP contribution in [0.5, 0.6) is 0 Å². The highest BCUT2D eigenvalue weighted by Gasteiger charge is 2.28. The molecule has 0 fully saturated rings. The number of nitrogen functional groups attached to an aromatic ring is 1. The Morgan fingerprint density at radius 2 is 1.86 bits per heavy atom. The van der Waals surface area contributed by atoms with Crippen molar-refractivity contribution in [1.82, 2.24) is 9.97 Å². The maximum atomic E-state index is 14.9. The molecule has 2 aromatic heterocycles. The first-order valence-corrected chi connectivity index (χ1v) is 16.3. The third kappa shape index (κ3) is 6.23. The van der Waals surface area contributed by atoms with Gasteiger partial charge in [-0.15, -0.1) is 11.3 Å². The molecule has 1 aliphatic heterocycles. The second-order valence-corrected chi connectivity index (χ2v) is 11.2. The summed E-state index contributed by atoms with van der Waals surface area (Å²) in [5.41, 5.74) is 12.4. The number of nitrogens with two attached hydrogens (primary N) is 1. The van der Waals surface area contributed by atoms with Crippen molar-refractivity contribution in [2.24, 2.45) is 5.92 Å². The zero-order valence-electron chi connectivity index (χ0n) is 26.5. The number of nitriles is 1. The van der Waals surface area contributed by atoms with E-state index in [0.717, 1.165) is 75.5 Å². The fourth-order valence-corrected chi connectivity index (χ4v) is 6.67. The molecule has 0 saturated carbocycles. The Labute approximate surface area is 254 Å². The van der Waals surface area contributed by atoms with E-state index in [1.165, 1.54) is 25.3 Å². The first-order chi connectivity index (χ1) is 20.4. The van der Waals surface area contributed by atoms with Crippen LogP contribution < -0.4 is 10.6 Å². The van der Waals surface area contributed by atoms with Crippen LogP contribution in [0, 0.1) is 23.1 Å². The number of fused-ring (bicyclic) bond motifs is 4. The molecule has 226 valence electrons. The van der Waals surface area contributed by atoms with Gasteiger partial charge in [-0.3, -0.25) is 0 Å². The van der Waals surface area contributed by atoms with E-state index >= 15 is 0 Å². The Morgan fingerprint density at radius 3 is 2.50 bits per heavy atom. The number of benzene rings is 2. The molecule has 4 aromatic rings. The van der Waals surface area contributed by atoms with Crippen molar-refractivity contribution in [1.29, 1.82) is 5.26 Å². The summed E-state index contributed by atoms with van der Waals surface area (Å²) in [4.78, 5) is 12.2. The van der Waals surface area contributed by atoms with Crippen LogP contribution >= 0.6 is 11.3 Å². The number of nitrogens with zero attached hydrogens (tertiary/aromatic N) is 4. The van der Waals surface area contributed by atoms with Gasteiger partial charge in [0.15, 0.2) is 0 Å². The number of ether oxygens (including phenoxy) is 1. The van der Waals surface area contributed by atoms with Gasteiger partial charge in [0.05, 0.1) is 29.0 Å². The monoisotopic (exact) mass is 591 g/mol. The number of aromatic nitrogens is 2. The lowest BCUT2D eigenvalue weighted by Gasteiger charge is -2.25. The van der Waals surface area contributed by atoms with Crippen molar-refractivity contribution in [3.8, 4) is 17.2 Å². The van der Waals surface area contributed by atoms with Gasteiger partial charge in [0.25, 0.3) is 0 Å². The molecule has 0 aliphatic carbocycles. The molecule has 6 nitrogen and oxygen atoms in total. The zero-order chi connectivity index (χ0) is 31.0. The van der Waals surface area contributed by atoms with Crippen molar-refractivity contribution in [2.45, 2.75) is 94.3 Å². The van der Waals surface area contributed by atoms with Gasteiger partial charge in [0, 0.05) is 30.1 Å². The average molecular weight is 592 g/mol. The predicted octanol–water partition coefficient (Wildman–Crippen LogP) is 9.40. The van der Waals surface area contributed by atoms with E-state index in [4.69, 9.17) is 20.4 Å². The number of rotatable bonds is 9. The van der Waals surface area contributed by atoms with E-state index in [9.17, 15) is 9.65 Å². The number of hydrogen-bond donors (Lipinski definition) is 1. The fourth-order valence-electron chi connectivity index (χ4n) is 5.72. The minimum absolute atomic E-state index is 0.330. The molecule has 0 radical (unpaired) electrons. The highest BCUT2D eigenvalue weighted by Crippen LogP contribution is 2.46. The van der Waals surface area contributed by atoms with Crippen LogP contribution in [0.4, 0.5) is 15.3 Å². The molecular formula is C34H46FN5OS. The second-order valence-electron chi connectivity index (χ2n) is 10.1. The van der Waals surface area contributed by atoms with E-state index in [0.29, 0.717) is 39.8 Å². The lowest BCUT2D eigenvalue weighted by Crippen LogP contribution is -2.30. The van der Waals surface area contributed by atoms with Gasteiger partial charge >= 0.3 is 0 Å². The zero-order valence-corrected chi connectivity index (χ0v) is 27.3. The summed E-state index contributed by atoms with van der Waals surface area (Å²) in [6.45, 7) is 19.4. The molecule has 5 rings (SSSR count). The van der Waals surface area contributed by atoms with E-state index < -0.39 is 0 Å². The fraction of sp³-hybridized carbons (Fsp3) is 0.500. The summed E-state index contributed by atoms with van der Waals surface area (Å²) in [5.74, 6) is 0.906. The van der Waals surface area contributed by atoms with Crippen LogP contribution in [0.3, 0.4) is 0 Å². The maximum Gasteiger partial charge on any atom is 0.225 e. The van der Waals surface area contributed by atoms with Gasteiger partial charge in [0.1, 0.15) is 16.9 Å². The smallest absolute Gasteiger partial charge is 0.225 e. The van der Waals surface area contributed by atoms with Crippen molar-refractivity contribution in [2.75, 3.05) is 23.7 Å². The van der Waals surface area contributed by atoms with Crippen LogP contribution in [0.15, 0.2) is 18.3 Å².